The van der Waals surface area contributed by atoms with E-state index in [1.807, 2.05) is 54.8 Å². The second kappa shape index (κ2) is 9.94. The van der Waals surface area contributed by atoms with E-state index in [-0.39, 0.29) is 11.7 Å². The van der Waals surface area contributed by atoms with Crippen molar-refractivity contribution in [2.75, 3.05) is 5.32 Å². The minimum Gasteiger partial charge on any atom is -0.325 e. The van der Waals surface area contributed by atoms with Gasteiger partial charge in [0, 0.05) is 27.9 Å². The summed E-state index contributed by atoms with van der Waals surface area (Å²) in [4.78, 5) is 18.9. The van der Waals surface area contributed by atoms with E-state index >= 15 is 0 Å². The summed E-state index contributed by atoms with van der Waals surface area (Å²) < 4.78 is 13.2. The van der Waals surface area contributed by atoms with Crippen LogP contribution >= 0.6 is 23.1 Å². The molecular formula is C25H20FN3OS2. The summed E-state index contributed by atoms with van der Waals surface area (Å²) >= 11 is 2.96. The maximum absolute atomic E-state index is 13.3. The first-order valence-corrected chi connectivity index (χ1v) is 11.9. The lowest BCUT2D eigenvalue weighted by molar-refractivity contribution is -0.118. The summed E-state index contributed by atoms with van der Waals surface area (Å²) in [7, 11) is 0. The molecule has 0 spiro atoms. The molecule has 7 heteroatoms. The van der Waals surface area contributed by atoms with Crippen molar-refractivity contribution in [3.8, 4) is 6.07 Å². The van der Waals surface area contributed by atoms with Gasteiger partial charge in [-0.05, 0) is 48.2 Å². The van der Waals surface area contributed by atoms with Crippen molar-refractivity contribution in [3.05, 3.63) is 99.0 Å². The van der Waals surface area contributed by atoms with E-state index in [1.165, 1.54) is 35.2 Å². The number of para-hydroxylation sites is 1. The molecule has 2 heterocycles. The van der Waals surface area contributed by atoms with Gasteiger partial charge in [-0.15, -0.1) is 23.1 Å². The zero-order valence-corrected chi connectivity index (χ0v) is 18.9. The molecule has 0 fully saturated rings. The highest BCUT2D eigenvalue weighted by molar-refractivity contribution is 8.02. The Bertz CT molecular complexity index is 1200. The van der Waals surface area contributed by atoms with Crippen molar-refractivity contribution in [1.29, 1.82) is 5.26 Å². The molecular weight excluding hydrogens is 441 g/mol. The molecule has 1 aliphatic heterocycles. The van der Waals surface area contributed by atoms with Gasteiger partial charge in [-0.2, -0.15) is 5.26 Å². The number of hydrogen-bond acceptors (Lipinski definition) is 5. The topological polar surface area (TPSA) is 65.2 Å². The van der Waals surface area contributed by atoms with E-state index in [1.54, 1.807) is 12.1 Å². The molecule has 1 aliphatic rings. The standard InChI is InChI=1S/C25H20FN3OS2/c1-16-22(24(30)29-19-6-3-2-4-7-19)23(21-8-5-13-31-21)20(14-27)25(28-16)32-15-17-9-11-18(26)12-10-17/h2-13,22-23H,15H2,1H3,(H,29,30). The fraction of sp³-hybridized carbons (Fsp3) is 0.160. The number of benzene rings is 2. The Kier molecular flexibility index (Phi) is 6.84. The van der Waals surface area contributed by atoms with Crippen LogP contribution in [0.5, 0.6) is 0 Å². The maximum Gasteiger partial charge on any atom is 0.234 e. The summed E-state index contributed by atoms with van der Waals surface area (Å²) in [6, 6.07) is 21.8. The maximum atomic E-state index is 13.3. The van der Waals surface area contributed by atoms with Gasteiger partial charge in [0.2, 0.25) is 5.91 Å². The van der Waals surface area contributed by atoms with Gasteiger partial charge in [-0.3, -0.25) is 4.79 Å². The highest BCUT2D eigenvalue weighted by Gasteiger charge is 2.40. The number of allylic oxidation sites excluding steroid dienone is 1. The third kappa shape index (κ3) is 4.82. The predicted molar refractivity (Wildman–Crippen MR) is 129 cm³/mol. The van der Waals surface area contributed by atoms with Crippen LogP contribution < -0.4 is 5.32 Å². The van der Waals surface area contributed by atoms with Crippen LogP contribution in [0.25, 0.3) is 0 Å². The van der Waals surface area contributed by atoms with Gasteiger partial charge in [0.15, 0.2) is 0 Å². The van der Waals surface area contributed by atoms with Crippen LogP contribution in [0.1, 0.15) is 23.3 Å². The molecule has 4 nitrogen and oxygen atoms in total. The Hall–Kier alpha value is -3.21. The molecule has 0 radical (unpaired) electrons. The van der Waals surface area contributed by atoms with Crippen LogP contribution in [0.15, 0.2) is 87.7 Å². The number of halogens is 1. The summed E-state index contributed by atoms with van der Waals surface area (Å²) in [6.45, 7) is 1.84. The van der Waals surface area contributed by atoms with Gasteiger partial charge in [0.05, 0.1) is 17.6 Å². The molecule has 1 N–H and O–H groups in total. The lowest BCUT2D eigenvalue weighted by Gasteiger charge is -2.30. The molecule has 2 unspecified atom stereocenters. The number of anilines is 1. The molecule has 2 aromatic carbocycles. The van der Waals surface area contributed by atoms with E-state index in [0.717, 1.165) is 10.4 Å². The van der Waals surface area contributed by atoms with Crippen molar-refractivity contribution >= 4 is 40.4 Å². The van der Waals surface area contributed by atoms with Gasteiger partial charge in [-0.25, -0.2) is 9.38 Å². The highest BCUT2D eigenvalue weighted by Crippen LogP contribution is 2.44. The summed E-state index contributed by atoms with van der Waals surface area (Å²) in [5.74, 6) is -0.913. The fourth-order valence-electron chi connectivity index (χ4n) is 3.65. The predicted octanol–water partition coefficient (Wildman–Crippen LogP) is 6.37. The van der Waals surface area contributed by atoms with Gasteiger partial charge in [0.25, 0.3) is 0 Å². The van der Waals surface area contributed by atoms with Gasteiger partial charge < -0.3 is 5.32 Å². The van der Waals surface area contributed by atoms with Crippen molar-refractivity contribution in [2.24, 2.45) is 10.9 Å². The van der Waals surface area contributed by atoms with Crippen LogP contribution in [0.2, 0.25) is 0 Å². The molecule has 0 aliphatic carbocycles. The fourth-order valence-corrected chi connectivity index (χ4v) is 5.55. The Morgan fingerprint density at radius 2 is 1.91 bits per heavy atom. The first-order valence-electron chi connectivity index (χ1n) is 10.0. The van der Waals surface area contributed by atoms with Crippen molar-refractivity contribution in [2.45, 2.75) is 18.6 Å². The van der Waals surface area contributed by atoms with E-state index in [0.29, 0.717) is 27.8 Å². The number of thioether (sulfide) groups is 1. The second-order valence-corrected chi connectivity index (χ2v) is 9.27. The van der Waals surface area contributed by atoms with Crippen molar-refractivity contribution in [3.63, 3.8) is 0 Å². The lowest BCUT2D eigenvalue weighted by Crippen LogP contribution is -2.36. The number of nitrogens with one attached hydrogen (secondary N) is 1. The molecule has 0 saturated heterocycles. The molecule has 3 aromatic rings. The van der Waals surface area contributed by atoms with Crippen molar-refractivity contribution < 1.29 is 9.18 Å². The second-order valence-electron chi connectivity index (χ2n) is 7.32. The van der Waals surface area contributed by atoms with E-state index in [9.17, 15) is 14.4 Å². The molecule has 0 saturated carbocycles. The zero-order valence-electron chi connectivity index (χ0n) is 17.3. The third-order valence-corrected chi connectivity index (χ3v) is 7.20. The lowest BCUT2D eigenvalue weighted by atomic mass is 9.80. The number of hydrogen-bond donors (Lipinski definition) is 1. The number of carbonyl (C=O) groups is 1. The molecule has 2 atom stereocenters. The number of carbonyl (C=O) groups excluding carboxylic acids is 1. The Balaban J connectivity index is 1.66. The smallest absolute Gasteiger partial charge is 0.234 e. The summed E-state index contributed by atoms with van der Waals surface area (Å²) in [6.07, 6.45) is 0. The SMILES string of the molecule is CC1=NC(SCc2ccc(F)cc2)=C(C#N)C(c2cccs2)C1C(=O)Nc1ccccc1. The highest BCUT2D eigenvalue weighted by atomic mass is 32.2. The van der Waals surface area contributed by atoms with E-state index in [4.69, 9.17) is 0 Å². The van der Waals surface area contributed by atoms with Crippen LogP contribution in [0.3, 0.4) is 0 Å². The zero-order chi connectivity index (χ0) is 22.5. The molecule has 32 heavy (non-hydrogen) atoms. The van der Waals surface area contributed by atoms with Crippen LogP contribution in [-0.4, -0.2) is 11.6 Å². The largest absolute Gasteiger partial charge is 0.325 e. The Morgan fingerprint density at radius 1 is 1.16 bits per heavy atom. The number of nitriles is 1. The molecule has 4 rings (SSSR count). The Labute approximate surface area is 194 Å². The number of thiophene rings is 1. The van der Waals surface area contributed by atoms with Crippen molar-refractivity contribution in [1.82, 2.24) is 0 Å². The quantitative estimate of drug-likeness (QED) is 0.464. The normalized spacial score (nSPS) is 18.1. The van der Waals surface area contributed by atoms with Gasteiger partial charge >= 0.3 is 0 Å². The van der Waals surface area contributed by atoms with Crippen LogP contribution in [0.4, 0.5) is 10.1 Å². The Morgan fingerprint density at radius 3 is 2.56 bits per heavy atom. The monoisotopic (exact) mass is 461 g/mol. The minimum absolute atomic E-state index is 0.189. The molecule has 1 amide bonds. The first-order chi connectivity index (χ1) is 15.6. The average Bonchev–Trinajstić information content (AvgIpc) is 3.33. The van der Waals surface area contributed by atoms with E-state index < -0.39 is 11.8 Å². The van der Waals surface area contributed by atoms with Gasteiger partial charge in [0.1, 0.15) is 10.8 Å². The van der Waals surface area contributed by atoms with Crippen LogP contribution in [-0.2, 0) is 10.5 Å². The summed E-state index contributed by atoms with van der Waals surface area (Å²) in [5.41, 5.74) is 2.79. The third-order valence-electron chi connectivity index (χ3n) is 5.19. The number of aliphatic imine (C=N–C) groups is 1. The van der Waals surface area contributed by atoms with Gasteiger partial charge in [-0.1, -0.05) is 36.4 Å². The molecule has 0 bridgehead atoms. The number of amides is 1. The number of nitrogens with zero attached hydrogens (tertiary/aromatic N) is 2. The minimum atomic E-state index is -0.585. The average molecular weight is 462 g/mol. The first kappa shape index (κ1) is 22.0. The summed E-state index contributed by atoms with van der Waals surface area (Å²) in [5, 5.41) is 15.6. The molecule has 1 aromatic heterocycles. The number of rotatable bonds is 6. The van der Waals surface area contributed by atoms with Crippen LogP contribution in [0, 0.1) is 23.1 Å². The van der Waals surface area contributed by atoms with E-state index in [2.05, 4.69) is 16.4 Å². The molecule has 160 valence electrons.